The van der Waals surface area contributed by atoms with Crippen LogP contribution in [-0.2, 0) is 4.79 Å². The number of thioether (sulfide) groups is 1. The van der Waals surface area contributed by atoms with Crippen LogP contribution in [0.15, 0.2) is 53.7 Å². The van der Waals surface area contributed by atoms with Crippen molar-refractivity contribution in [2.75, 3.05) is 11.1 Å². The SMILES string of the molecule is CC(=O)c1cccc(NC(=O)CSc2nnnn2-c2ccccc2Cl)c1. The van der Waals surface area contributed by atoms with Gasteiger partial charge in [0, 0.05) is 11.3 Å². The Morgan fingerprint density at radius 2 is 2.00 bits per heavy atom. The normalized spacial score (nSPS) is 10.5. The number of tetrazole rings is 1. The summed E-state index contributed by atoms with van der Waals surface area (Å²) in [7, 11) is 0. The van der Waals surface area contributed by atoms with Crippen molar-refractivity contribution >= 4 is 40.7 Å². The number of anilines is 1. The molecule has 0 unspecified atom stereocenters. The lowest BCUT2D eigenvalue weighted by Crippen LogP contribution is -2.15. The average Bonchev–Trinajstić information content (AvgIpc) is 3.09. The molecule has 7 nitrogen and oxygen atoms in total. The summed E-state index contributed by atoms with van der Waals surface area (Å²) in [6.07, 6.45) is 0. The van der Waals surface area contributed by atoms with E-state index in [-0.39, 0.29) is 17.4 Å². The standard InChI is InChI=1S/C17H14ClN5O2S/c1-11(24)12-5-4-6-13(9-12)19-16(25)10-26-17-20-21-22-23(17)15-8-3-2-7-14(15)18/h2-9H,10H2,1H3,(H,19,25). The minimum atomic E-state index is -0.232. The summed E-state index contributed by atoms with van der Waals surface area (Å²) in [5.74, 6) is -0.187. The number of nitrogens with zero attached hydrogens (tertiary/aromatic N) is 4. The van der Waals surface area contributed by atoms with Gasteiger partial charge < -0.3 is 5.32 Å². The molecule has 0 bridgehead atoms. The van der Waals surface area contributed by atoms with E-state index in [9.17, 15) is 9.59 Å². The van der Waals surface area contributed by atoms with Crippen molar-refractivity contribution in [1.82, 2.24) is 20.2 Å². The van der Waals surface area contributed by atoms with Gasteiger partial charge in [0.2, 0.25) is 11.1 Å². The molecule has 9 heteroatoms. The summed E-state index contributed by atoms with van der Waals surface area (Å²) in [6.45, 7) is 1.48. The van der Waals surface area contributed by atoms with E-state index in [2.05, 4.69) is 20.8 Å². The predicted octanol–water partition coefficient (Wildman–Crippen LogP) is 3.25. The molecule has 132 valence electrons. The lowest BCUT2D eigenvalue weighted by atomic mass is 10.1. The molecular weight excluding hydrogens is 374 g/mol. The van der Waals surface area contributed by atoms with Gasteiger partial charge in [-0.05, 0) is 41.6 Å². The van der Waals surface area contributed by atoms with Gasteiger partial charge in [-0.2, -0.15) is 4.68 Å². The Morgan fingerprint density at radius 3 is 2.77 bits per heavy atom. The summed E-state index contributed by atoms with van der Waals surface area (Å²) in [5.41, 5.74) is 1.74. The second-order valence-electron chi connectivity index (χ2n) is 5.30. The number of hydrogen-bond acceptors (Lipinski definition) is 6. The van der Waals surface area contributed by atoms with E-state index in [0.29, 0.717) is 27.1 Å². The fourth-order valence-corrected chi connectivity index (χ4v) is 3.09. The molecule has 0 aliphatic heterocycles. The van der Waals surface area contributed by atoms with Crippen LogP contribution in [0.25, 0.3) is 5.69 Å². The number of para-hydroxylation sites is 1. The predicted molar refractivity (Wildman–Crippen MR) is 100.0 cm³/mol. The maximum atomic E-state index is 12.2. The van der Waals surface area contributed by atoms with Crippen LogP contribution in [0.5, 0.6) is 0 Å². The first-order valence-corrected chi connectivity index (χ1v) is 8.98. The van der Waals surface area contributed by atoms with Crippen LogP contribution in [0.1, 0.15) is 17.3 Å². The Kier molecular flexibility index (Phi) is 5.65. The highest BCUT2D eigenvalue weighted by Gasteiger charge is 2.13. The zero-order valence-electron chi connectivity index (χ0n) is 13.7. The molecule has 3 aromatic rings. The molecule has 0 fully saturated rings. The quantitative estimate of drug-likeness (QED) is 0.515. The summed E-state index contributed by atoms with van der Waals surface area (Å²) < 4.78 is 1.48. The van der Waals surface area contributed by atoms with Crippen molar-refractivity contribution in [3.05, 3.63) is 59.1 Å². The zero-order valence-corrected chi connectivity index (χ0v) is 15.3. The molecule has 2 aromatic carbocycles. The van der Waals surface area contributed by atoms with Crippen molar-refractivity contribution in [1.29, 1.82) is 0 Å². The largest absolute Gasteiger partial charge is 0.325 e. The molecule has 1 heterocycles. The topological polar surface area (TPSA) is 89.8 Å². The van der Waals surface area contributed by atoms with Gasteiger partial charge in [0.15, 0.2) is 5.78 Å². The maximum Gasteiger partial charge on any atom is 0.234 e. The smallest absolute Gasteiger partial charge is 0.234 e. The first-order valence-electron chi connectivity index (χ1n) is 7.61. The van der Waals surface area contributed by atoms with Crippen LogP contribution >= 0.6 is 23.4 Å². The number of hydrogen-bond donors (Lipinski definition) is 1. The van der Waals surface area contributed by atoms with E-state index in [0.717, 1.165) is 0 Å². The number of ketones is 1. The summed E-state index contributed by atoms with van der Waals surface area (Å²) >= 11 is 7.35. The van der Waals surface area contributed by atoms with E-state index in [1.54, 1.807) is 36.4 Å². The van der Waals surface area contributed by atoms with Crippen LogP contribution in [-0.4, -0.2) is 37.7 Å². The number of Topliss-reactive ketones (excluding diaryl/α,β-unsaturated/α-hetero) is 1. The number of carbonyl (C=O) groups is 2. The van der Waals surface area contributed by atoms with Gasteiger partial charge >= 0.3 is 0 Å². The minimum Gasteiger partial charge on any atom is -0.325 e. The van der Waals surface area contributed by atoms with E-state index < -0.39 is 0 Å². The highest BCUT2D eigenvalue weighted by molar-refractivity contribution is 7.99. The molecule has 0 spiro atoms. The van der Waals surface area contributed by atoms with E-state index in [1.807, 2.05) is 12.1 Å². The molecule has 0 atom stereocenters. The molecule has 1 N–H and O–H groups in total. The fraction of sp³-hybridized carbons (Fsp3) is 0.118. The Labute approximate surface area is 158 Å². The highest BCUT2D eigenvalue weighted by Crippen LogP contribution is 2.24. The van der Waals surface area contributed by atoms with Crippen molar-refractivity contribution in [3.8, 4) is 5.69 Å². The van der Waals surface area contributed by atoms with Gasteiger partial charge in [0.1, 0.15) is 0 Å². The Morgan fingerprint density at radius 1 is 1.19 bits per heavy atom. The lowest BCUT2D eigenvalue weighted by molar-refractivity contribution is -0.113. The van der Waals surface area contributed by atoms with Crippen LogP contribution in [0.2, 0.25) is 5.02 Å². The van der Waals surface area contributed by atoms with Crippen LogP contribution in [0, 0.1) is 0 Å². The van der Waals surface area contributed by atoms with Crippen molar-refractivity contribution in [3.63, 3.8) is 0 Å². The number of carbonyl (C=O) groups excluding carboxylic acids is 2. The number of aromatic nitrogens is 4. The molecule has 0 saturated carbocycles. The zero-order chi connectivity index (χ0) is 18.5. The second kappa shape index (κ2) is 8.11. The number of amides is 1. The van der Waals surface area contributed by atoms with Crippen LogP contribution in [0.3, 0.4) is 0 Å². The molecule has 0 saturated heterocycles. The summed E-state index contributed by atoms with van der Waals surface area (Å²) in [4.78, 5) is 23.6. The summed E-state index contributed by atoms with van der Waals surface area (Å²) in [6, 6.07) is 13.9. The van der Waals surface area contributed by atoms with Gasteiger partial charge in [-0.3, -0.25) is 9.59 Å². The third kappa shape index (κ3) is 4.27. The molecule has 0 aliphatic carbocycles. The molecule has 0 aliphatic rings. The number of nitrogens with one attached hydrogen (secondary N) is 1. The molecular formula is C17H14ClN5O2S. The second-order valence-corrected chi connectivity index (χ2v) is 6.65. The van der Waals surface area contributed by atoms with E-state index >= 15 is 0 Å². The first-order chi connectivity index (χ1) is 12.5. The average molecular weight is 388 g/mol. The first kappa shape index (κ1) is 18.1. The number of rotatable bonds is 6. The van der Waals surface area contributed by atoms with Crippen LogP contribution in [0.4, 0.5) is 5.69 Å². The third-order valence-electron chi connectivity index (χ3n) is 3.41. The van der Waals surface area contributed by atoms with E-state index in [4.69, 9.17) is 11.6 Å². The van der Waals surface area contributed by atoms with E-state index in [1.165, 1.54) is 23.4 Å². The third-order valence-corrected chi connectivity index (χ3v) is 4.65. The molecule has 0 radical (unpaired) electrons. The van der Waals surface area contributed by atoms with Gasteiger partial charge in [-0.1, -0.05) is 47.6 Å². The lowest BCUT2D eigenvalue weighted by Gasteiger charge is -2.07. The van der Waals surface area contributed by atoms with Gasteiger partial charge in [0.25, 0.3) is 0 Å². The van der Waals surface area contributed by atoms with Crippen molar-refractivity contribution in [2.24, 2.45) is 0 Å². The monoisotopic (exact) mass is 387 g/mol. The Balaban J connectivity index is 1.66. The number of halogens is 1. The van der Waals surface area contributed by atoms with Crippen molar-refractivity contribution in [2.45, 2.75) is 12.1 Å². The highest BCUT2D eigenvalue weighted by atomic mass is 35.5. The van der Waals surface area contributed by atoms with Gasteiger partial charge in [0.05, 0.1) is 16.5 Å². The Bertz CT molecular complexity index is 960. The molecule has 3 rings (SSSR count). The molecule has 26 heavy (non-hydrogen) atoms. The van der Waals surface area contributed by atoms with Gasteiger partial charge in [-0.25, -0.2) is 0 Å². The van der Waals surface area contributed by atoms with Crippen LogP contribution < -0.4 is 5.32 Å². The van der Waals surface area contributed by atoms with Gasteiger partial charge in [-0.15, -0.1) is 5.10 Å². The summed E-state index contributed by atoms with van der Waals surface area (Å²) in [5, 5.41) is 15.2. The molecule has 1 aromatic heterocycles. The number of benzene rings is 2. The Hall–Kier alpha value is -2.71. The fourth-order valence-electron chi connectivity index (χ4n) is 2.19. The van der Waals surface area contributed by atoms with Crippen molar-refractivity contribution < 1.29 is 9.59 Å². The minimum absolute atomic E-state index is 0.0608. The maximum absolute atomic E-state index is 12.2. The molecule has 1 amide bonds.